The SMILES string of the molecule is COc1cc2c(cc1OC)[C@H]1[C@@H](C)COCN1CC2. The van der Waals surface area contributed by atoms with Crippen molar-refractivity contribution in [3.05, 3.63) is 23.3 Å². The molecule has 2 aliphatic rings. The lowest BCUT2D eigenvalue weighted by atomic mass is 9.85. The van der Waals surface area contributed by atoms with Crippen LogP contribution in [0.25, 0.3) is 0 Å². The van der Waals surface area contributed by atoms with Gasteiger partial charge in [0.05, 0.1) is 27.6 Å². The van der Waals surface area contributed by atoms with Crippen molar-refractivity contribution in [3.63, 3.8) is 0 Å². The number of benzene rings is 1. The third kappa shape index (κ3) is 2.09. The molecule has 2 aliphatic heterocycles. The van der Waals surface area contributed by atoms with E-state index < -0.39 is 0 Å². The van der Waals surface area contributed by atoms with E-state index in [0.29, 0.717) is 12.0 Å². The highest BCUT2D eigenvalue weighted by Gasteiger charge is 2.35. The van der Waals surface area contributed by atoms with Gasteiger partial charge in [-0.3, -0.25) is 4.90 Å². The van der Waals surface area contributed by atoms with Crippen molar-refractivity contribution in [2.45, 2.75) is 19.4 Å². The smallest absolute Gasteiger partial charge is 0.161 e. The van der Waals surface area contributed by atoms with Crippen molar-refractivity contribution in [2.24, 2.45) is 5.92 Å². The van der Waals surface area contributed by atoms with Crippen LogP contribution in [0.2, 0.25) is 0 Å². The molecule has 1 aromatic rings. The van der Waals surface area contributed by atoms with Gasteiger partial charge >= 0.3 is 0 Å². The summed E-state index contributed by atoms with van der Waals surface area (Å²) >= 11 is 0. The van der Waals surface area contributed by atoms with Gasteiger partial charge in [0.2, 0.25) is 0 Å². The van der Waals surface area contributed by atoms with Gasteiger partial charge in [0.25, 0.3) is 0 Å². The van der Waals surface area contributed by atoms with Gasteiger partial charge in [-0.2, -0.15) is 0 Å². The molecule has 0 N–H and O–H groups in total. The first kappa shape index (κ1) is 12.8. The summed E-state index contributed by atoms with van der Waals surface area (Å²) < 4.78 is 16.5. The van der Waals surface area contributed by atoms with Crippen LogP contribution in [0.15, 0.2) is 12.1 Å². The molecule has 0 amide bonds. The maximum Gasteiger partial charge on any atom is 0.161 e. The van der Waals surface area contributed by atoms with Crippen molar-refractivity contribution in [3.8, 4) is 11.5 Å². The molecule has 1 fully saturated rings. The fourth-order valence-corrected chi connectivity index (χ4v) is 3.29. The largest absolute Gasteiger partial charge is 0.493 e. The van der Waals surface area contributed by atoms with Gasteiger partial charge in [0.15, 0.2) is 11.5 Å². The first-order valence-electron chi connectivity index (χ1n) is 6.81. The van der Waals surface area contributed by atoms with E-state index in [1.165, 1.54) is 11.1 Å². The Hall–Kier alpha value is -1.26. The van der Waals surface area contributed by atoms with Crippen LogP contribution in [-0.2, 0) is 11.2 Å². The second kappa shape index (κ2) is 5.02. The van der Waals surface area contributed by atoms with Crippen LogP contribution in [0.4, 0.5) is 0 Å². The summed E-state index contributed by atoms with van der Waals surface area (Å²) in [5.74, 6) is 2.15. The molecule has 104 valence electrons. The zero-order valence-electron chi connectivity index (χ0n) is 11.8. The Morgan fingerprint density at radius 1 is 1.21 bits per heavy atom. The van der Waals surface area contributed by atoms with Crippen LogP contribution < -0.4 is 9.47 Å². The second-order valence-corrected chi connectivity index (χ2v) is 5.39. The van der Waals surface area contributed by atoms with Crippen molar-refractivity contribution in [1.29, 1.82) is 0 Å². The molecular formula is C15H21NO3. The van der Waals surface area contributed by atoms with Crippen molar-refractivity contribution in [2.75, 3.05) is 34.1 Å². The maximum absolute atomic E-state index is 5.64. The number of hydrogen-bond acceptors (Lipinski definition) is 4. The molecule has 0 aliphatic carbocycles. The van der Waals surface area contributed by atoms with E-state index in [2.05, 4.69) is 24.0 Å². The molecule has 2 atom stereocenters. The molecule has 0 unspecified atom stereocenters. The maximum atomic E-state index is 5.64. The van der Waals surface area contributed by atoms with Crippen molar-refractivity contribution >= 4 is 0 Å². The number of fused-ring (bicyclic) bond motifs is 3. The summed E-state index contributed by atoms with van der Waals surface area (Å²) in [5, 5.41) is 0. The Balaban J connectivity index is 2.05. The number of hydrogen-bond donors (Lipinski definition) is 0. The van der Waals surface area contributed by atoms with Crippen LogP contribution in [0, 0.1) is 5.92 Å². The highest BCUT2D eigenvalue weighted by molar-refractivity contribution is 5.49. The predicted molar refractivity (Wildman–Crippen MR) is 72.7 cm³/mol. The fourth-order valence-electron chi connectivity index (χ4n) is 3.29. The second-order valence-electron chi connectivity index (χ2n) is 5.39. The monoisotopic (exact) mass is 263 g/mol. The van der Waals surface area contributed by atoms with Crippen LogP contribution in [0.3, 0.4) is 0 Å². The molecule has 0 radical (unpaired) electrons. The van der Waals surface area contributed by atoms with Crippen LogP contribution in [0.5, 0.6) is 11.5 Å². The molecule has 4 heteroatoms. The third-order valence-corrected chi connectivity index (χ3v) is 4.20. The molecule has 0 saturated carbocycles. The Morgan fingerprint density at radius 2 is 1.95 bits per heavy atom. The predicted octanol–water partition coefficient (Wildman–Crippen LogP) is 2.23. The van der Waals surface area contributed by atoms with E-state index >= 15 is 0 Å². The van der Waals surface area contributed by atoms with Crippen LogP contribution in [-0.4, -0.2) is 39.0 Å². The average Bonchev–Trinajstić information content (AvgIpc) is 2.45. The van der Waals surface area contributed by atoms with E-state index in [1.54, 1.807) is 14.2 Å². The fraction of sp³-hybridized carbons (Fsp3) is 0.600. The summed E-state index contributed by atoms with van der Waals surface area (Å²) in [6.45, 7) is 4.87. The van der Waals surface area contributed by atoms with Crippen molar-refractivity contribution in [1.82, 2.24) is 4.90 Å². The third-order valence-electron chi connectivity index (χ3n) is 4.20. The first-order chi connectivity index (χ1) is 9.24. The summed E-state index contributed by atoms with van der Waals surface area (Å²) in [4.78, 5) is 2.42. The summed E-state index contributed by atoms with van der Waals surface area (Å²) in [6, 6.07) is 4.72. The van der Waals surface area contributed by atoms with Gasteiger partial charge in [-0.1, -0.05) is 6.92 Å². The molecule has 19 heavy (non-hydrogen) atoms. The summed E-state index contributed by atoms with van der Waals surface area (Å²) in [5.41, 5.74) is 2.76. The molecule has 2 heterocycles. The first-order valence-corrected chi connectivity index (χ1v) is 6.81. The van der Waals surface area contributed by atoms with E-state index in [-0.39, 0.29) is 0 Å². The van der Waals surface area contributed by atoms with E-state index in [9.17, 15) is 0 Å². The zero-order chi connectivity index (χ0) is 13.4. The quantitative estimate of drug-likeness (QED) is 0.818. The molecule has 0 aromatic heterocycles. The molecule has 0 spiro atoms. The Kier molecular flexibility index (Phi) is 3.37. The molecule has 4 nitrogen and oxygen atoms in total. The van der Waals surface area contributed by atoms with Gasteiger partial charge < -0.3 is 14.2 Å². The lowest BCUT2D eigenvalue weighted by molar-refractivity contribution is -0.0837. The average molecular weight is 263 g/mol. The molecule has 1 saturated heterocycles. The molecule has 0 bridgehead atoms. The minimum Gasteiger partial charge on any atom is -0.493 e. The van der Waals surface area contributed by atoms with Gasteiger partial charge in [-0.05, 0) is 35.6 Å². The topological polar surface area (TPSA) is 30.9 Å². The Morgan fingerprint density at radius 3 is 2.68 bits per heavy atom. The Labute approximate surface area is 114 Å². The van der Waals surface area contributed by atoms with Gasteiger partial charge in [-0.15, -0.1) is 0 Å². The minimum atomic E-state index is 0.442. The minimum absolute atomic E-state index is 0.442. The summed E-state index contributed by atoms with van der Waals surface area (Å²) in [6.07, 6.45) is 1.04. The molecular weight excluding hydrogens is 242 g/mol. The lowest BCUT2D eigenvalue weighted by Gasteiger charge is -2.44. The number of methoxy groups -OCH3 is 2. The van der Waals surface area contributed by atoms with Gasteiger partial charge in [0, 0.05) is 12.6 Å². The van der Waals surface area contributed by atoms with Gasteiger partial charge in [0.1, 0.15) is 0 Å². The highest BCUT2D eigenvalue weighted by Crippen LogP contribution is 2.42. The normalized spacial score (nSPS) is 26.5. The standard InChI is InChI=1S/C15H21NO3/c1-10-8-19-9-16-5-4-11-6-13(17-2)14(18-3)7-12(11)15(10)16/h6-7,10,15H,4-5,8-9H2,1-3H3/t10-,15+/m0/s1. The van der Waals surface area contributed by atoms with Crippen LogP contribution >= 0.6 is 0 Å². The molecule has 3 rings (SSSR count). The van der Waals surface area contributed by atoms with E-state index in [4.69, 9.17) is 14.2 Å². The van der Waals surface area contributed by atoms with Gasteiger partial charge in [-0.25, -0.2) is 0 Å². The van der Waals surface area contributed by atoms with Crippen molar-refractivity contribution < 1.29 is 14.2 Å². The number of ether oxygens (including phenoxy) is 3. The number of nitrogens with zero attached hydrogens (tertiary/aromatic N) is 1. The van der Waals surface area contributed by atoms with E-state index in [0.717, 1.165) is 37.8 Å². The van der Waals surface area contributed by atoms with Crippen LogP contribution in [0.1, 0.15) is 24.1 Å². The molecule has 1 aromatic carbocycles. The zero-order valence-corrected chi connectivity index (χ0v) is 11.8. The lowest BCUT2D eigenvalue weighted by Crippen LogP contribution is -2.45. The summed E-state index contributed by atoms with van der Waals surface area (Å²) in [7, 11) is 3.38. The Bertz CT molecular complexity index is 475. The number of rotatable bonds is 2. The highest BCUT2D eigenvalue weighted by atomic mass is 16.5. The van der Waals surface area contributed by atoms with E-state index in [1.807, 2.05) is 0 Å².